The van der Waals surface area contributed by atoms with Gasteiger partial charge in [0.15, 0.2) is 0 Å². The van der Waals surface area contributed by atoms with Crippen molar-refractivity contribution >= 4 is 5.65 Å². The Labute approximate surface area is 139 Å². The first-order chi connectivity index (χ1) is 11.5. The predicted molar refractivity (Wildman–Crippen MR) is 86.5 cm³/mol. The standard InChI is InChI=1S/C16H23N6O2/c1-12(2)9-21-15-16(23)20(10-17-22(15)11-18-21)7-5-4-6-14-8-13(3)19-24-14/h8,10-12H,4-7,9H2,1-3H3/q+1. The Morgan fingerprint density at radius 2 is 2.12 bits per heavy atom. The molecular weight excluding hydrogens is 308 g/mol. The van der Waals surface area contributed by atoms with E-state index < -0.39 is 0 Å². The SMILES string of the molecule is Cc1cc(CCCCn2cnn3cn[n+](CC(C)C)c3c2=O)on1. The number of unbranched alkanes of at least 4 members (excludes halogenated alkanes) is 1. The van der Waals surface area contributed by atoms with E-state index in [0.717, 1.165) is 30.7 Å². The summed E-state index contributed by atoms with van der Waals surface area (Å²) in [5.74, 6) is 1.30. The van der Waals surface area contributed by atoms with Crippen molar-refractivity contribution in [1.82, 2.24) is 24.4 Å². The summed E-state index contributed by atoms with van der Waals surface area (Å²) in [6, 6.07) is 1.95. The van der Waals surface area contributed by atoms with Crippen molar-refractivity contribution in [3.05, 3.63) is 40.5 Å². The van der Waals surface area contributed by atoms with E-state index >= 15 is 0 Å². The third-order valence-corrected chi connectivity index (χ3v) is 3.82. The molecule has 0 aromatic carbocycles. The van der Waals surface area contributed by atoms with E-state index in [0.29, 0.717) is 24.7 Å². The van der Waals surface area contributed by atoms with E-state index in [-0.39, 0.29) is 5.56 Å². The number of aryl methyl sites for hydroxylation is 3. The molecule has 0 radical (unpaired) electrons. The fourth-order valence-corrected chi connectivity index (χ4v) is 2.68. The molecule has 8 heteroatoms. The predicted octanol–water partition coefficient (Wildman–Crippen LogP) is 1.15. The normalized spacial score (nSPS) is 11.7. The molecule has 0 saturated carbocycles. The van der Waals surface area contributed by atoms with Crippen LogP contribution in [0.1, 0.15) is 38.1 Å². The lowest BCUT2D eigenvalue weighted by atomic mass is 10.2. The highest BCUT2D eigenvalue weighted by Gasteiger charge is 2.19. The van der Waals surface area contributed by atoms with Gasteiger partial charge in [-0.1, -0.05) is 28.6 Å². The smallest absolute Gasteiger partial charge is 0.361 e. The summed E-state index contributed by atoms with van der Waals surface area (Å²) in [6.45, 7) is 7.42. The van der Waals surface area contributed by atoms with E-state index in [1.165, 1.54) is 0 Å². The van der Waals surface area contributed by atoms with Gasteiger partial charge in [0, 0.05) is 19.0 Å². The molecule has 3 heterocycles. The Morgan fingerprint density at radius 1 is 1.29 bits per heavy atom. The Hall–Kier alpha value is -2.51. The van der Waals surface area contributed by atoms with E-state index in [4.69, 9.17) is 4.52 Å². The maximum Gasteiger partial charge on any atom is 0.396 e. The van der Waals surface area contributed by atoms with Crippen LogP contribution in [0, 0.1) is 12.8 Å². The second-order valence-corrected chi connectivity index (χ2v) is 6.50. The van der Waals surface area contributed by atoms with Crippen LogP contribution in [0.2, 0.25) is 0 Å². The monoisotopic (exact) mass is 331 g/mol. The third kappa shape index (κ3) is 3.52. The molecule has 8 nitrogen and oxygen atoms in total. The quantitative estimate of drug-likeness (QED) is 0.479. The molecule has 0 saturated heterocycles. The van der Waals surface area contributed by atoms with Gasteiger partial charge in [-0.15, -0.1) is 4.68 Å². The molecule has 0 aliphatic heterocycles. The average Bonchev–Trinajstić information content (AvgIpc) is 3.12. The summed E-state index contributed by atoms with van der Waals surface area (Å²) in [4.78, 5) is 12.7. The molecule has 3 rings (SSSR count). The number of fused-ring (bicyclic) bond motifs is 1. The molecule has 0 aliphatic carbocycles. The molecule has 0 N–H and O–H groups in total. The lowest BCUT2D eigenvalue weighted by Crippen LogP contribution is -2.43. The van der Waals surface area contributed by atoms with Gasteiger partial charge in [0.1, 0.15) is 18.6 Å². The van der Waals surface area contributed by atoms with Gasteiger partial charge in [0.2, 0.25) is 0 Å². The van der Waals surface area contributed by atoms with E-state index in [1.54, 1.807) is 26.4 Å². The first-order valence-electron chi connectivity index (χ1n) is 8.29. The summed E-state index contributed by atoms with van der Waals surface area (Å²) >= 11 is 0. The van der Waals surface area contributed by atoms with Crippen LogP contribution in [-0.4, -0.2) is 24.4 Å². The Morgan fingerprint density at radius 3 is 2.83 bits per heavy atom. The highest BCUT2D eigenvalue weighted by atomic mass is 16.5. The molecule has 0 atom stereocenters. The molecule has 3 aromatic heterocycles. The summed E-state index contributed by atoms with van der Waals surface area (Å²) in [6.07, 6.45) is 5.78. The summed E-state index contributed by atoms with van der Waals surface area (Å²) in [7, 11) is 0. The van der Waals surface area contributed by atoms with Crippen LogP contribution in [-0.2, 0) is 19.5 Å². The van der Waals surface area contributed by atoms with Gasteiger partial charge in [0.05, 0.1) is 5.69 Å². The first kappa shape index (κ1) is 16.4. The Kier molecular flexibility index (Phi) is 4.73. The van der Waals surface area contributed by atoms with Gasteiger partial charge < -0.3 is 4.52 Å². The van der Waals surface area contributed by atoms with Crippen LogP contribution in [0.25, 0.3) is 5.65 Å². The van der Waals surface area contributed by atoms with E-state index in [1.807, 2.05) is 13.0 Å². The zero-order valence-corrected chi connectivity index (χ0v) is 14.3. The minimum Gasteiger partial charge on any atom is -0.361 e. The van der Waals surface area contributed by atoms with Crippen LogP contribution in [0.5, 0.6) is 0 Å². The fraction of sp³-hybridized carbons (Fsp3) is 0.562. The number of hydrogen-bond donors (Lipinski definition) is 0. The van der Waals surface area contributed by atoms with Gasteiger partial charge in [-0.05, 0) is 30.8 Å². The van der Waals surface area contributed by atoms with E-state index in [2.05, 4.69) is 29.2 Å². The van der Waals surface area contributed by atoms with E-state index in [9.17, 15) is 4.79 Å². The van der Waals surface area contributed by atoms with Gasteiger partial charge >= 0.3 is 11.2 Å². The molecule has 0 amide bonds. The van der Waals surface area contributed by atoms with Crippen molar-refractivity contribution in [2.75, 3.05) is 0 Å². The Bertz CT molecular complexity index is 876. The van der Waals surface area contributed by atoms with Gasteiger partial charge in [-0.2, -0.15) is 0 Å². The Balaban J connectivity index is 1.68. The zero-order chi connectivity index (χ0) is 17.1. The van der Waals surface area contributed by atoms with Gasteiger partial charge in [-0.25, -0.2) is 0 Å². The maximum absolute atomic E-state index is 12.7. The average molecular weight is 331 g/mol. The minimum atomic E-state index is -0.0568. The molecular formula is C16H23N6O2+. The second kappa shape index (κ2) is 6.94. The molecule has 0 unspecified atom stereocenters. The second-order valence-electron chi connectivity index (χ2n) is 6.50. The van der Waals surface area contributed by atoms with Crippen LogP contribution in [0.4, 0.5) is 0 Å². The van der Waals surface area contributed by atoms with Crippen molar-refractivity contribution in [2.45, 2.75) is 53.1 Å². The number of aromatic nitrogens is 6. The summed E-state index contributed by atoms with van der Waals surface area (Å²) in [5, 5.41) is 12.4. The maximum atomic E-state index is 12.7. The van der Waals surface area contributed by atoms with Crippen LogP contribution >= 0.6 is 0 Å². The molecule has 0 bridgehead atoms. The highest BCUT2D eigenvalue weighted by Crippen LogP contribution is 2.07. The highest BCUT2D eigenvalue weighted by molar-refractivity contribution is 5.24. The molecule has 0 spiro atoms. The van der Waals surface area contributed by atoms with Crippen molar-refractivity contribution in [1.29, 1.82) is 0 Å². The van der Waals surface area contributed by atoms with Crippen molar-refractivity contribution in [2.24, 2.45) is 5.92 Å². The summed E-state index contributed by atoms with van der Waals surface area (Å²) in [5.41, 5.74) is 1.35. The lowest BCUT2D eigenvalue weighted by Gasteiger charge is -2.03. The zero-order valence-electron chi connectivity index (χ0n) is 14.3. The molecule has 128 valence electrons. The van der Waals surface area contributed by atoms with Crippen LogP contribution in [0.3, 0.4) is 0 Å². The number of rotatable bonds is 7. The van der Waals surface area contributed by atoms with Crippen LogP contribution in [0.15, 0.2) is 28.0 Å². The van der Waals surface area contributed by atoms with Crippen molar-refractivity contribution in [3.8, 4) is 0 Å². The molecule has 0 fully saturated rings. The number of nitrogens with zero attached hydrogens (tertiary/aromatic N) is 6. The molecule has 3 aromatic rings. The largest absolute Gasteiger partial charge is 0.396 e. The number of hydrogen-bond acceptors (Lipinski definition) is 5. The lowest BCUT2D eigenvalue weighted by molar-refractivity contribution is -0.733. The third-order valence-electron chi connectivity index (χ3n) is 3.82. The van der Waals surface area contributed by atoms with Gasteiger partial charge in [-0.3, -0.25) is 9.36 Å². The fourth-order valence-electron chi connectivity index (χ4n) is 2.68. The van der Waals surface area contributed by atoms with Gasteiger partial charge in [0.25, 0.3) is 6.33 Å². The molecule has 0 aliphatic rings. The van der Waals surface area contributed by atoms with Crippen molar-refractivity contribution < 1.29 is 9.20 Å². The topological polar surface area (TPSA) is 82.1 Å². The van der Waals surface area contributed by atoms with Crippen molar-refractivity contribution in [3.63, 3.8) is 0 Å². The summed E-state index contributed by atoms with van der Waals surface area (Å²) < 4.78 is 10.1. The molecule has 24 heavy (non-hydrogen) atoms. The minimum absolute atomic E-state index is 0.0568. The van der Waals surface area contributed by atoms with Crippen LogP contribution < -0.4 is 10.2 Å². The first-order valence-corrected chi connectivity index (χ1v) is 8.29.